The number of carbonyl (C=O) groups is 2. The third kappa shape index (κ3) is 4.02. The van der Waals surface area contributed by atoms with Crippen LogP contribution in [0.1, 0.15) is 32.0 Å². The van der Waals surface area contributed by atoms with E-state index >= 15 is 0 Å². The monoisotopic (exact) mass is 385 g/mol. The second kappa shape index (κ2) is 7.04. The van der Waals surface area contributed by atoms with Gasteiger partial charge >= 0.3 is 6.18 Å². The lowest BCUT2D eigenvalue weighted by atomic mass is 10.1. The molecule has 10 heteroatoms. The van der Waals surface area contributed by atoms with E-state index in [0.717, 1.165) is 23.7 Å². The highest BCUT2D eigenvalue weighted by Crippen LogP contribution is 2.32. The molecule has 6 nitrogen and oxygen atoms in total. The first kappa shape index (κ1) is 18.3. The first-order valence-corrected chi connectivity index (χ1v) is 8.43. The number of amides is 2. The van der Waals surface area contributed by atoms with Crippen molar-refractivity contribution in [2.75, 3.05) is 18.4 Å². The molecule has 1 saturated heterocycles. The molecule has 1 aliphatic rings. The molecule has 0 saturated carbocycles. The second-order valence-corrected chi connectivity index (χ2v) is 6.65. The number of hydrogen-bond acceptors (Lipinski definition) is 5. The van der Waals surface area contributed by atoms with Crippen LogP contribution < -0.4 is 5.32 Å². The Morgan fingerprint density at radius 3 is 2.65 bits per heavy atom. The SMILES string of the molecule is O=C(Nc1cc(C(=O)N2CCC(O)C2)cc(C(F)(F)F)c1)c1ccns1. The molecule has 1 aromatic carbocycles. The van der Waals surface area contributed by atoms with E-state index in [-0.39, 0.29) is 29.2 Å². The molecule has 0 spiro atoms. The zero-order valence-electron chi connectivity index (χ0n) is 13.3. The zero-order chi connectivity index (χ0) is 18.9. The number of aliphatic hydroxyl groups excluding tert-OH is 1. The van der Waals surface area contributed by atoms with Gasteiger partial charge in [-0.25, -0.2) is 4.37 Å². The Morgan fingerprint density at radius 1 is 1.31 bits per heavy atom. The van der Waals surface area contributed by atoms with Crippen molar-refractivity contribution in [3.63, 3.8) is 0 Å². The van der Waals surface area contributed by atoms with E-state index in [9.17, 15) is 27.9 Å². The van der Waals surface area contributed by atoms with Gasteiger partial charge in [-0.15, -0.1) is 0 Å². The van der Waals surface area contributed by atoms with Gasteiger partial charge in [-0.2, -0.15) is 13.2 Å². The molecule has 1 atom stereocenters. The van der Waals surface area contributed by atoms with Crippen LogP contribution in [-0.2, 0) is 6.18 Å². The number of β-amino-alcohol motifs (C(OH)–C–C–N with tert-alkyl or cyclic N) is 1. The predicted molar refractivity (Wildman–Crippen MR) is 88.0 cm³/mol. The van der Waals surface area contributed by atoms with Crippen molar-refractivity contribution in [3.05, 3.63) is 46.5 Å². The van der Waals surface area contributed by atoms with E-state index < -0.39 is 29.7 Å². The summed E-state index contributed by atoms with van der Waals surface area (Å²) >= 11 is 0.904. The van der Waals surface area contributed by atoms with E-state index in [4.69, 9.17) is 0 Å². The minimum atomic E-state index is -4.68. The maximum atomic E-state index is 13.2. The molecule has 1 fully saturated rings. The average molecular weight is 385 g/mol. The third-order valence-electron chi connectivity index (χ3n) is 3.88. The molecular weight excluding hydrogens is 371 g/mol. The van der Waals surface area contributed by atoms with Gasteiger partial charge in [0, 0.05) is 30.5 Å². The number of alkyl halides is 3. The van der Waals surface area contributed by atoms with Crippen LogP contribution in [0.2, 0.25) is 0 Å². The number of benzene rings is 1. The summed E-state index contributed by atoms with van der Waals surface area (Å²) in [6.45, 7) is 0.330. The van der Waals surface area contributed by atoms with Crippen molar-refractivity contribution in [2.24, 2.45) is 0 Å². The number of nitrogens with one attached hydrogen (secondary N) is 1. The molecule has 2 heterocycles. The highest BCUT2D eigenvalue weighted by atomic mass is 32.1. The number of likely N-dealkylation sites (tertiary alicyclic amines) is 1. The molecule has 2 N–H and O–H groups in total. The number of nitrogens with zero attached hydrogens (tertiary/aromatic N) is 2. The summed E-state index contributed by atoms with van der Waals surface area (Å²) in [5, 5.41) is 11.9. The van der Waals surface area contributed by atoms with Gasteiger partial charge in [0.25, 0.3) is 11.8 Å². The molecule has 0 aliphatic carbocycles. The lowest BCUT2D eigenvalue weighted by Crippen LogP contribution is -2.30. The lowest BCUT2D eigenvalue weighted by molar-refractivity contribution is -0.137. The van der Waals surface area contributed by atoms with Gasteiger partial charge in [0.15, 0.2) is 0 Å². The fourth-order valence-electron chi connectivity index (χ4n) is 2.62. The van der Waals surface area contributed by atoms with Crippen LogP contribution in [0.4, 0.5) is 18.9 Å². The molecule has 3 rings (SSSR count). The van der Waals surface area contributed by atoms with Gasteiger partial charge in [0.2, 0.25) is 0 Å². The lowest BCUT2D eigenvalue weighted by Gasteiger charge is -2.18. The topological polar surface area (TPSA) is 82.5 Å². The summed E-state index contributed by atoms with van der Waals surface area (Å²) in [5.41, 5.74) is -1.38. The number of hydrogen-bond donors (Lipinski definition) is 2. The van der Waals surface area contributed by atoms with Crippen molar-refractivity contribution in [3.8, 4) is 0 Å². The molecule has 26 heavy (non-hydrogen) atoms. The summed E-state index contributed by atoms with van der Waals surface area (Å²) in [4.78, 5) is 26.1. The standard InChI is InChI=1S/C16H14F3N3O3S/c17-16(18,19)10-5-9(15(25)22-4-2-12(23)8-22)6-11(7-10)21-14(24)13-1-3-20-26-13/h1,3,5-7,12,23H,2,4,8H2,(H,21,24). The smallest absolute Gasteiger partial charge is 0.391 e. The van der Waals surface area contributed by atoms with E-state index in [0.29, 0.717) is 6.42 Å². The van der Waals surface area contributed by atoms with Crippen LogP contribution in [0, 0.1) is 0 Å². The summed E-state index contributed by atoms with van der Waals surface area (Å²) in [5.74, 6) is -1.23. The molecule has 2 amide bonds. The Balaban J connectivity index is 1.91. The number of carbonyl (C=O) groups excluding carboxylic acids is 2. The average Bonchev–Trinajstić information content (AvgIpc) is 3.24. The van der Waals surface area contributed by atoms with Crippen molar-refractivity contribution < 1.29 is 27.9 Å². The zero-order valence-corrected chi connectivity index (χ0v) is 14.1. The summed E-state index contributed by atoms with van der Waals surface area (Å²) in [7, 11) is 0. The number of aromatic nitrogens is 1. The number of halogens is 3. The summed E-state index contributed by atoms with van der Waals surface area (Å²) in [6.07, 6.45) is -3.58. The second-order valence-electron chi connectivity index (χ2n) is 5.82. The van der Waals surface area contributed by atoms with Crippen LogP contribution in [-0.4, -0.2) is 45.4 Å². The maximum Gasteiger partial charge on any atom is 0.416 e. The highest BCUT2D eigenvalue weighted by Gasteiger charge is 2.33. The van der Waals surface area contributed by atoms with Crippen LogP contribution in [0.3, 0.4) is 0 Å². The van der Waals surface area contributed by atoms with E-state index in [2.05, 4.69) is 9.69 Å². The Morgan fingerprint density at radius 2 is 2.08 bits per heavy atom. The molecule has 0 radical (unpaired) electrons. The van der Waals surface area contributed by atoms with Gasteiger partial charge in [0.1, 0.15) is 4.88 Å². The maximum absolute atomic E-state index is 13.2. The quantitative estimate of drug-likeness (QED) is 0.851. The van der Waals surface area contributed by atoms with Crippen LogP contribution in [0.15, 0.2) is 30.5 Å². The number of anilines is 1. The Bertz CT molecular complexity index is 824. The Kier molecular flexibility index (Phi) is 4.97. The van der Waals surface area contributed by atoms with Crippen LogP contribution in [0.5, 0.6) is 0 Å². The summed E-state index contributed by atoms with van der Waals surface area (Å²) < 4.78 is 43.3. The minimum absolute atomic E-state index is 0.0671. The third-order valence-corrected chi connectivity index (χ3v) is 4.62. The molecule has 2 aromatic rings. The van der Waals surface area contributed by atoms with Crippen molar-refractivity contribution in [1.29, 1.82) is 0 Å². The normalized spacial score (nSPS) is 17.4. The van der Waals surface area contributed by atoms with Gasteiger partial charge in [-0.3, -0.25) is 9.59 Å². The van der Waals surface area contributed by atoms with Gasteiger partial charge in [0.05, 0.1) is 11.7 Å². The Hall–Kier alpha value is -2.46. The molecule has 0 bridgehead atoms. The number of aliphatic hydroxyl groups is 1. The van der Waals surface area contributed by atoms with E-state index in [1.54, 1.807) is 0 Å². The first-order valence-electron chi connectivity index (χ1n) is 7.65. The largest absolute Gasteiger partial charge is 0.416 e. The van der Waals surface area contributed by atoms with Crippen molar-refractivity contribution in [2.45, 2.75) is 18.7 Å². The minimum Gasteiger partial charge on any atom is -0.391 e. The highest BCUT2D eigenvalue weighted by molar-refractivity contribution is 7.08. The van der Waals surface area contributed by atoms with E-state index in [1.165, 1.54) is 23.2 Å². The van der Waals surface area contributed by atoms with Gasteiger partial charge in [-0.05, 0) is 42.2 Å². The Labute approximate surface area is 150 Å². The van der Waals surface area contributed by atoms with Crippen LogP contribution in [0.25, 0.3) is 0 Å². The van der Waals surface area contributed by atoms with Gasteiger partial charge < -0.3 is 15.3 Å². The number of rotatable bonds is 3. The molecule has 1 unspecified atom stereocenters. The van der Waals surface area contributed by atoms with Gasteiger partial charge in [-0.1, -0.05) is 0 Å². The predicted octanol–water partition coefficient (Wildman–Crippen LogP) is 2.62. The van der Waals surface area contributed by atoms with Crippen LogP contribution >= 0.6 is 11.5 Å². The molecule has 1 aromatic heterocycles. The summed E-state index contributed by atoms with van der Waals surface area (Å²) in [6, 6.07) is 4.15. The van der Waals surface area contributed by atoms with Crippen molar-refractivity contribution >= 4 is 29.0 Å². The van der Waals surface area contributed by atoms with E-state index in [1.807, 2.05) is 0 Å². The fraction of sp³-hybridized carbons (Fsp3) is 0.312. The first-order chi connectivity index (χ1) is 12.2. The van der Waals surface area contributed by atoms with Crippen molar-refractivity contribution in [1.82, 2.24) is 9.27 Å². The molecular formula is C16H14F3N3O3S. The molecule has 138 valence electrons. The fourth-order valence-corrected chi connectivity index (χ4v) is 3.11. The molecule has 1 aliphatic heterocycles.